The van der Waals surface area contributed by atoms with E-state index in [4.69, 9.17) is 27.9 Å². The van der Waals surface area contributed by atoms with Crippen molar-refractivity contribution in [2.75, 3.05) is 6.54 Å². The lowest BCUT2D eigenvalue weighted by molar-refractivity contribution is 0.141. The minimum absolute atomic E-state index is 0.248. The number of alkyl carbamates (subject to hydrolysis) is 1. The minimum atomic E-state index is -0.449. The number of carbonyl (C=O) groups is 1. The molecule has 0 saturated carbocycles. The molecule has 6 heteroatoms. The lowest BCUT2D eigenvalue weighted by atomic mass is 10.2. The van der Waals surface area contributed by atoms with Crippen LogP contribution in [0.5, 0.6) is 0 Å². The number of nitrogens with one attached hydrogen (secondary N) is 1. The Bertz CT molecular complexity index is 1030. The van der Waals surface area contributed by atoms with Crippen LogP contribution in [-0.4, -0.2) is 17.2 Å². The van der Waals surface area contributed by atoms with Crippen molar-refractivity contribution >= 4 is 35.4 Å². The monoisotopic (exact) mass is 428 g/mol. The molecule has 1 aromatic heterocycles. The smallest absolute Gasteiger partial charge is 0.407 e. The molecule has 0 aliphatic heterocycles. The first-order valence-electron chi connectivity index (χ1n) is 9.22. The van der Waals surface area contributed by atoms with Gasteiger partial charge in [-0.2, -0.15) is 0 Å². The number of ether oxygens (including phenoxy) is 1. The van der Waals surface area contributed by atoms with Crippen LogP contribution in [0, 0.1) is 13.8 Å². The number of aromatic nitrogens is 1. The number of benzene rings is 2. The van der Waals surface area contributed by atoms with Gasteiger partial charge in [0.2, 0.25) is 0 Å². The molecule has 2 aromatic carbocycles. The third-order valence-electron chi connectivity index (χ3n) is 4.52. The van der Waals surface area contributed by atoms with E-state index < -0.39 is 6.09 Å². The highest BCUT2D eigenvalue weighted by Crippen LogP contribution is 2.31. The SMILES string of the molecule is Cc1cc(C=CCNC(=O)OCc2ccccc2)c(C)n1-c1cccc(Cl)c1Cl. The predicted molar refractivity (Wildman–Crippen MR) is 119 cm³/mol. The summed E-state index contributed by atoms with van der Waals surface area (Å²) in [5, 5.41) is 3.76. The van der Waals surface area contributed by atoms with Crippen molar-refractivity contribution < 1.29 is 9.53 Å². The number of halogens is 2. The van der Waals surface area contributed by atoms with Gasteiger partial charge in [-0.15, -0.1) is 0 Å². The van der Waals surface area contributed by atoms with Crippen molar-refractivity contribution in [3.63, 3.8) is 0 Å². The summed E-state index contributed by atoms with van der Waals surface area (Å²) < 4.78 is 7.26. The Morgan fingerprint density at radius 2 is 1.86 bits per heavy atom. The summed E-state index contributed by atoms with van der Waals surface area (Å²) in [6.07, 6.45) is 3.40. The predicted octanol–water partition coefficient (Wildman–Crippen LogP) is 6.34. The van der Waals surface area contributed by atoms with Crippen LogP contribution in [0.15, 0.2) is 60.7 Å². The molecule has 0 fully saturated rings. The van der Waals surface area contributed by atoms with Gasteiger partial charge >= 0.3 is 6.09 Å². The third kappa shape index (κ3) is 5.22. The van der Waals surface area contributed by atoms with E-state index in [1.807, 2.05) is 68.5 Å². The van der Waals surface area contributed by atoms with Crippen LogP contribution in [-0.2, 0) is 11.3 Å². The number of nitrogens with zero attached hydrogens (tertiary/aromatic N) is 1. The number of rotatable bonds is 6. The quantitative estimate of drug-likeness (QED) is 0.497. The van der Waals surface area contributed by atoms with E-state index in [-0.39, 0.29) is 6.61 Å². The highest BCUT2D eigenvalue weighted by atomic mass is 35.5. The second kappa shape index (κ2) is 9.68. The molecular weight excluding hydrogens is 407 g/mol. The second-order valence-corrected chi connectivity index (χ2v) is 7.36. The van der Waals surface area contributed by atoms with Gasteiger partial charge in [-0.05, 0) is 43.2 Å². The molecule has 0 radical (unpaired) electrons. The Hall–Kier alpha value is -2.69. The molecule has 1 amide bonds. The lowest BCUT2D eigenvalue weighted by Crippen LogP contribution is -2.24. The summed E-state index contributed by atoms with van der Waals surface area (Å²) in [5.74, 6) is 0. The van der Waals surface area contributed by atoms with Crippen LogP contribution >= 0.6 is 23.2 Å². The average molecular weight is 429 g/mol. The van der Waals surface area contributed by atoms with Crippen LogP contribution in [0.2, 0.25) is 10.0 Å². The summed E-state index contributed by atoms with van der Waals surface area (Å²) in [5.41, 5.74) is 4.91. The molecule has 29 heavy (non-hydrogen) atoms. The van der Waals surface area contributed by atoms with E-state index in [0.29, 0.717) is 16.6 Å². The number of hydrogen-bond acceptors (Lipinski definition) is 2. The zero-order valence-electron chi connectivity index (χ0n) is 16.3. The van der Waals surface area contributed by atoms with Gasteiger partial charge in [0, 0.05) is 17.9 Å². The summed E-state index contributed by atoms with van der Waals surface area (Å²) in [7, 11) is 0. The lowest BCUT2D eigenvalue weighted by Gasteiger charge is -2.12. The Labute approximate surface area is 180 Å². The van der Waals surface area contributed by atoms with Crippen molar-refractivity contribution in [2.45, 2.75) is 20.5 Å². The zero-order chi connectivity index (χ0) is 20.8. The van der Waals surface area contributed by atoms with Crippen LogP contribution in [0.3, 0.4) is 0 Å². The number of carbonyl (C=O) groups excluding carboxylic acids is 1. The number of amides is 1. The molecule has 0 unspecified atom stereocenters. The molecule has 3 rings (SSSR count). The largest absolute Gasteiger partial charge is 0.445 e. The van der Waals surface area contributed by atoms with Crippen molar-refractivity contribution in [1.29, 1.82) is 0 Å². The maximum Gasteiger partial charge on any atom is 0.407 e. The van der Waals surface area contributed by atoms with Crippen LogP contribution in [0.1, 0.15) is 22.5 Å². The minimum Gasteiger partial charge on any atom is -0.445 e. The second-order valence-electron chi connectivity index (χ2n) is 6.58. The van der Waals surface area contributed by atoms with Gasteiger partial charge in [0.25, 0.3) is 0 Å². The van der Waals surface area contributed by atoms with E-state index in [1.54, 1.807) is 6.07 Å². The van der Waals surface area contributed by atoms with E-state index >= 15 is 0 Å². The Kier molecular flexibility index (Phi) is 7.02. The molecule has 0 bridgehead atoms. The standard InChI is InChI=1S/C23H22Cl2N2O2/c1-16-14-19(17(2)27(16)21-12-6-11-20(24)22(21)25)10-7-13-26-23(28)29-15-18-8-4-3-5-9-18/h3-12,14H,13,15H2,1-2H3,(H,26,28). The molecule has 4 nitrogen and oxygen atoms in total. The average Bonchev–Trinajstić information content (AvgIpc) is 3.00. The van der Waals surface area contributed by atoms with Gasteiger partial charge in [-0.25, -0.2) is 4.79 Å². The molecule has 0 atom stereocenters. The fourth-order valence-corrected chi connectivity index (χ4v) is 3.47. The highest BCUT2D eigenvalue weighted by Gasteiger charge is 2.13. The molecule has 0 aliphatic carbocycles. The van der Waals surface area contributed by atoms with E-state index in [0.717, 1.165) is 28.2 Å². The maximum atomic E-state index is 11.8. The first kappa shape index (κ1) is 21.0. The molecule has 3 aromatic rings. The number of hydrogen-bond donors (Lipinski definition) is 1. The summed E-state index contributed by atoms with van der Waals surface area (Å²) >= 11 is 12.5. The van der Waals surface area contributed by atoms with E-state index in [1.165, 1.54) is 0 Å². The topological polar surface area (TPSA) is 43.3 Å². The molecule has 0 saturated heterocycles. The van der Waals surface area contributed by atoms with Crippen molar-refractivity contribution in [3.05, 3.63) is 93.2 Å². The fraction of sp³-hybridized carbons (Fsp3) is 0.174. The van der Waals surface area contributed by atoms with Crippen LogP contribution < -0.4 is 5.32 Å². The molecular formula is C23H22Cl2N2O2. The van der Waals surface area contributed by atoms with Crippen LogP contribution in [0.25, 0.3) is 11.8 Å². The molecule has 0 aliphatic rings. The normalized spacial score (nSPS) is 11.0. The number of aryl methyl sites for hydroxylation is 1. The first-order chi connectivity index (χ1) is 14.0. The first-order valence-corrected chi connectivity index (χ1v) is 9.97. The van der Waals surface area contributed by atoms with Crippen LogP contribution in [0.4, 0.5) is 4.79 Å². The Morgan fingerprint density at radius 3 is 2.62 bits per heavy atom. The van der Waals surface area contributed by atoms with Gasteiger partial charge in [0.15, 0.2) is 0 Å². The summed E-state index contributed by atoms with van der Waals surface area (Å²) in [6.45, 7) is 4.65. The van der Waals surface area contributed by atoms with E-state index in [9.17, 15) is 4.79 Å². The van der Waals surface area contributed by atoms with Gasteiger partial charge in [-0.1, -0.05) is 71.8 Å². The van der Waals surface area contributed by atoms with Gasteiger partial charge in [-0.3, -0.25) is 0 Å². The van der Waals surface area contributed by atoms with Crippen molar-refractivity contribution in [3.8, 4) is 5.69 Å². The van der Waals surface area contributed by atoms with Gasteiger partial charge in [0.1, 0.15) is 6.61 Å². The van der Waals surface area contributed by atoms with E-state index in [2.05, 4.69) is 16.0 Å². The summed E-state index contributed by atoms with van der Waals surface area (Å²) in [6, 6.07) is 17.2. The zero-order valence-corrected chi connectivity index (χ0v) is 17.8. The molecule has 1 N–H and O–H groups in total. The van der Waals surface area contributed by atoms with Gasteiger partial charge < -0.3 is 14.6 Å². The maximum absolute atomic E-state index is 11.8. The molecule has 0 spiro atoms. The Morgan fingerprint density at radius 1 is 1.10 bits per heavy atom. The van der Waals surface area contributed by atoms with Gasteiger partial charge in [0.05, 0.1) is 15.7 Å². The highest BCUT2D eigenvalue weighted by molar-refractivity contribution is 6.43. The summed E-state index contributed by atoms with van der Waals surface area (Å²) in [4.78, 5) is 11.8. The molecule has 150 valence electrons. The third-order valence-corrected chi connectivity index (χ3v) is 5.33. The van der Waals surface area contributed by atoms with Crippen molar-refractivity contribution in [1.82, 2.24) is 9.88 Å². The fourth-order valence-electron chi connectivity index (χ4n) is 3.09. The Balaban J connectivity index is 1.60. The molecule has 1 heterocycles. The van der Waals surface area contributed by atoms with Crippen molar-refractivity contribution in [2.24, 2.45) is 0 Å².